The standard InChI is InChI=1S/C14H12O2S/c15-14(16)13-7-6-11(8-12(13)9-17)10-4-2-1-3-5-10/h1-8,17H,9H2,(H,15,16). The summed E-state index contributed by atoms with van der Waals surface area (Å²) in [6.45, 7) is 0. The molecule has 0 saturated carbocycles. The maximum Gasteiger partial charge on any atom is 0.335 e. The molecule has 0 aliphatic rings. The predicted octanol–water partition coefficient (Wildman–Crippen LogP) is 3.48. The van der Waals surface area contributed by atoms with Crippen molar-refractivity contribution < 1.29 is 9.90 Å². The van der Waals surface area contributed by atoms with Gasteiger partial charge in [0.2, 0.25) is 0 Å². The van der Waals surface area contributed by atoms with Crippen LogP contribution in [0.5, 0.6) is 0 Å². The lowest BCUT2D eigenvalue weighted by atomic mass is 10.00. The SMILES string of the molecule is O=C(O)c1ccc(-c2ccccc2)cc1CS. The highest BCUT2D eigenvalue weighted by Gasteiger charge is 2.09. The molecule has 86 valence electrons. The molecule has 2 aromatic rings. The second-order valence-corrected chi connectivity index (χ2v) is 4.02. The Morgan fingerprint density at radius 2 is 1.76 bits per heavy atom. The number of rotatable bonds is 3. The first-order valence-electron chi connectivity index (χ1n) is 5.25. The van der Waals surface area contributed by atoms with Gasteiger partial charge in [0.25, 0.3) is 0 Å². The van der Waals surface area contributed by atoms with Gasteiger partial charge in [0.15, 0.2) is 0 Å². The zero-order valence-electron chi connectivity index (χ0n) is 9.13. The second kappa shape index (κ2) is 5.06. The van der Waals surface area contributed by atoms with Crippen molar-refractivity contribution in [3.05, 3.63) is 59.7 Å². The lowest BCUT2D eigenvalue weighted by Gasteiger charge is -2.07. The van der Waals surface area contributed by atoms with Gasteiger partial charge in [-0.05, 0) is 28.8 Å². The van der Waals surface area contributed by atoms with Gasteiger partial charge in [0.05, 0.1) is 5.56 Å². The molecule has 0 atom stereocenters. The number of benzene rings is 2. The zero-order valence-corrected chi connectivity index (χ0v) is 10.0. The molecule has 2 aromatic carbocycles. The Balaban J connectivity index is 2.49. The van der Waals surface area contributed by atoms with E-state index < -0.39 is 5.97 Å². The summed E-state index contributed by atoms with van der Waals surface area (Å²) in [6, 6.07) is 15.2. The van der Waals surface area contributed by atoms with Gasteiger partial charge < -0.3 is 5.11 Å². The number of carboxylic acids is 1. The number of carboxylic acid groups (broad SMARTS) is 1. The lowest BCUT2D eigenvalue weighted by Crippen LogP contribution is -2.01. The Hall–Kier alpha value is -1.74. The molecule has 0 unspecified atom stereocenters. The van der Waals surface area contributed by atoms with Crippen LogP contribution in [0.3, 0.4) is 0 Å². The molecule has 0 amide bonds. The Kier molecular flexibility index (Phi) is 3.49. The topological polar surface area (TPSA) is 37.3 Å². The van der Waals surface area contributed by atoms with Crippen molar-refractivity contribution in [2.45, 2.75) is 5.75 Å². The van der Waals surface area contributed by atoms with Gasteiger partial charge in [-0.15, -0.1) is 0 Å². The van der Waals surface area contributed by atoms with Crippen molar-refractivity contribution in [1.29, 1.82) is 0 Å². The largest absolute Gasteiger partial charge is 0.478 e. The van der Waals surface area contributed by atoms with Crippen LogP contribution in [0.15, 0.2) is 48.5 Å². The maximum atomic E-state index is 11.0. The van der Waals surface area contributed by atoms with Crippen molar-refractivity contribution in [3.63, 3.8) is 0 Å². The average molecular weight is 244 g/mol. The Labute approximate surface area is 105 Å². The summed E-state index contributed by atoms with van der Waals surface area (Å²) in [5, 5.41) is 9.02. The number of hydrogen-bond donors (Lipinski definition) is 2. The van der Waals surface area contributed by atoms with Crippen molar-refractivity contribution >= 4 is 18.6 Å². The van der Waals surface area contributed by atoms with Crippen LogP contribution in [0.2, 0.25) is 0 Å². The summed E-state index contributed by atoms with van der Waals surface area (Å²) in [5.41, 5.74) is 3.15. The minimum atomic E-state index is -0.909. The van der Waals surface area contributed by atoms with Crippen LogP contribution in [-0.2, 0) is 5.75 Å². The summed E-state index contributed by atoms with van der Waals surface area (Å²) < 4.78 is 0. The van der Waals surface area contributed by atoms with Crippen LogP contribution in [0, 0.1) is 0 Å². The summed E-state index contributed by atoms with van der Waals surface area (Å²) in [4.78, 5) is 11.0. The molecular weight excluding hydrogens is 232 g/mol. The highest BCUT2D eigenvalue weighted by molar-refractivity contribution is 7.79. The van der Waals surface area contributed by atoms with Gasteiger partial charge in [0.1, 0.15) is 0 Å². The quantitative estimate of drug-likeness (QED) is 0.811. The molecule has 0 aliphatic carbocycles. The minimum Gasteiger partial charge on any atom is -0.478 e. The van der Waals surface area contributed by atoms with Gasteiger partial charge in [-0.3, -0.25) is 0 Å². The third-order valence-electron chi connectivity index (χ3n) is 2.61. The molecular formula is C14H12O2S. The van der Waals surface area contributed by atoms with Crippen LogP contribution < -0.4 is 0 Å². The molecule has 1 N–H and O–H groups in total. The summed E-state index contributed by atoms with van der Waals surface area (Å²) in [6.07, 6.45) is 0. The first kappa shape index (κ1) is 11.7. The predicted molar refractivity (Wildman–Crippen MR) is 71.5 cm³/mol. The first-order chi connectivity index (χ1) is 8.22. The molecule has 17 heavy (non-hydrogen) atoms. The second-order valence-electron chi connectivity index (χ2n) is 3.70. The highest BCUT2D eigenvalue weighted by atomic mass is 32.1. The number of carbonyl (C=O) groups is 1. The normalized spacial score (nSPS) is 10.2. The van der Waals surface area contributed by atoms with Crippen molar-refractivity contribution in [3.8, 4) is 11.1 Å². The highest BCUT2D eigenvalue weighted by Crippen LogP contribution is 2.23. The Morgan fingerprint density at radius 1 is 1.06 bits per heavy atom. The number of hydrogen-bond acceptors (Lipinski definition) is 2. The van der Waals surface area contributed by atoms with Gasteiger partial charge in [-0.1, -0.05) is 36.4 Å². The molecule has 0 aliphatic heterocycles. The van der Waals surface area contributed by atoms with Gasteiger partial charge in [-0.25, -0.2) is 4.79 Å². The minimum absolute atomic E-state index is 0.319. The van der Waals surface area contributed by atoms with Crippen molar-refractivity contribution in [1.82, 2.24) is 0 Å². The first-order valence-corrected chi connectivity index (χ1v) is 5.88. The molecule has 2 nitrogen and oxygen atoms in total. The summed E-state index contributed by atoms with van der Waals surface area (Å²) in [7, 11) is 0. The fraction of sp³-hybridized carbons (Fsp3) is 0.0714. The van der Waals surface area contributed by atoms with E-state index in [1.165, 1.54) is 0 Å². The molecule has 3 heteroatoms. The lowest BCUT2D eigenvalue weighted by molar-refractivity contribution is 0.0696. The fourth-order valence-electron chi connectivity index (χ4n) is 1.74. The van der Waals surface area contributed by atoms with E-state index in [-0.39, 0.29) is 0 Å². The van der Waals surface area contributed by atoms with Crippen LogP contribution in [0.25, 0.3) is 11.1 Å². The number of thiol groups is 1. The average Bonchev–Trinajstić information content (AvgIpc) is 2.39. The Bertz CT molecular complexity index is 535. The smallest absolute Gasteiger partial charge is 0.335 e. The van der Waals surface area contributed by atoms with E-state index in [1.54, 1.807) is 6.07 Å². The van der Waals surface area contributed by atoms with Crippen molar-refractivity contribution in [2.75, 3.05) is 0 Å². The van der Waals surface area contributed by atoms with Gasteiger partial charge in [0, 0.05) is 5.75 Å². The molecule has 0 spiro atoms. The van der Waals surface area contributed by atoms with Gasteiger partial charge >= 0.3 is 5.97 Å². The molecule has 0 radical (unpaired) electrons. The van der Waals surface area contributed by atoms with Crippen molar-refractivity contribution in [2.24, 2.45) is 0 Å². The monoisotopic (exact) mass is 244 g/mol. The van der Waals surface area contributed by atoms with E-state index >= 15 is 0 Å². The fourth-order valence-corrected chi connectivity index (χ4v) is 2.00. The van der Waals surface area contributed by atoms with Crippen LogP contribution in [0.4, 0.5) is 0 Å². The maximum absolute atomic E-state index is 11.0. The Morgan fingerprint density at radius 3 is 2.35 bits per heavy atom. The van der Waals surface area contributed by atoms with Gasteiger partial charge in [-0.2, -0.15) is 12.6 Å². The van der Waals surface area contributed by atoms with E-state index in [0.29, 0.717) is 11.3 Å². The summed E-state index contributed by atoms with van der Waals surface area (Å²) >= 11 is 4.17. The van der Waals surface area contributed by atoms with Crippen LogP contribution in [0.1, 0.15) is 15.9 Å². The molecule has 2 rings (SSSR count). The van der Waals surface area contributed by atoms with Crippen LogP contribution in [-0.4, -0.2) is 11.1 Å². The summed E-state index contributed by atoms with van der Waals surface area (Å²) in [5.74, 6) is -0.490. The zero-order chi connectivity index (χ0) is 12.3. The van der Waals surface area contributed by atoms with Crippen LogP contribution >= 0.6 is 12.6 Å². The molecule has 0 bridgehead atoms. The van der Waals surface area contributed by atoms with E-state index in [9.17, 15) is 4.79 Å². The molecule has 0 heterocycles. The molecule has 0 saturated heterocycles. The van der Waals surface area contributed by atoms with E-state index in [1.807, 2.05) is 42.5 Å². The number of aromatic carboxylic acids is 1. The molecule has 0 fully saturated rings. The van der Waals surface area contributed by atoms with E-state index in [4.69, 9.17) is 5.11 Å². The van der Waals surface area contributed by atoms with E-state index in [2.05, 4.69) is 12.6 Å². The third kappa shape index (κ3) is 2.50. The van der Waals surface area contributed by atoms with E-state index in [0.717, 1.165) is 16.7 Å². The third-order valence-corrected chi connectivity index (χ3v) is 2.95. The molecule has 0 aromatic heterocycles.